The zero-order valence-corrected chi connectivity index (χ0v) is 15.0. The van der Waals surface area contributed by atoms with Crippen LogP contribution in [0, 0.1) is 10.1 Å². The van der Waals surface area contributed by atoms with Crippen LogP contribution in [0.25, 0.3) is 0 Å². The van der Waals surface area contributed by atoms with Crippen LogP contribution in [-0.4, -0.2) is 49.7 Å². The summed E-state index contributed by atoms with van der Waals surface area (Å²) in [6.45, 7) is 1.72. The quantitative estimate of drug-likeness (QED) is 0.429. The second-order valence-corrected chi connectivity index (χ2v) is 5.99. The lowest BCUT2D eigenvalue weighted by molar-refractivity contribution is -0.384. The highest BCUT2D eigenvalue weighted by Gasteiger charge is 2.23. The largest absolute Gasteiger partial charge is 0.467 e. The number of esters is 1. The maximum absolute atomic E-state index is 12.5. The number of rotatable bonds is 7. The smallest absolute Gasteiger partial charge is 0.341 e. The molecular weight excluding hydrogens is 370 g/mol. The Morgan fingerprint density at radius 2 is 2.04 bits per heavy atom. The van der Waals surface area contributed by atoms with Gasteiger partial charge in [0.05, 0.1) is 42.2 Å². The van der Waals surface area contributed by atoms with E-state index in [1.165, 1.54) is 18.4 Å². The van der Waals surface area contributed by atoms with Crippen molar-refractivity contribution in [3.8, 4) is 0 Å². The van der Waals surface area contributed by atoms with Crippen LogP contribution in [0.3, 0.4) is 0 Å². The molecule has 0 radical (unpaired) electrons. The second-order valence-electron chi connectivity index (χ2n) is 5.99. The van der Waals surface area contributed by atoms with Gasteiger partial charge in [0.15, 0.2) is 6.61 Å². The molecule has 0 unspecified atom stereocenters. The van der Waals surface area contributed by atoms with Crippen LogP contribution < -0.4 is 10.2 Å². The first-order chi connectivity index (χ1) is 13.5. The molecule has 1 aromatic heterocycles. The Balaban J connectivity index is 1.67. The van der Waals surface area contributed by atoms with Gasteiger partial charge in [-0.15, -0.1) is 0 Å². The molecule has 28 heavy (non-hydrogen) atoms. The van der Waals surface area contributed by atoms with Crippen molar-refractivity contribution in [2.45, 2.75) is 6.54 Å². The first-order valence-corrected chi connectivity index (χ1v) is 8.62. The summed E-state index contributed by atoms with van der Waals surface area (Å²) in [6.07, 6.45) is 1.48. The summed E-state index contributed by atoms with van der Waals surface area (Å²) in [5.74, 6) is -0.755. The highest BCUT2D eigenvalue weighted by Crippen LogP contribution is 2.27. The van der Waals surface area contributed by atoms with E-state index in [1.807, 2.05) is 4.90 Å². The number of ether oxygens (including phenoxy) is 2. The van der Waals surface area contributed by atoms with Gasteiger partial charge in [-0.1, -0.05) is 0 Å². The van der Waals surface area contributed by atoms with E-state index in [4.69, 9.17) is 13.9 Å². The third kappa shape index (κ3) is 4.86. The Morgan fingerprint density at radius 1 is 1.25 bits per heavy atom. The molecule has 2 aromatic rings. The molecule has 1 fully saturated rings. The number of nitro groups is 1. The van der Waals surface area contributed by atoms with Crippen molar-refractivity contribution in [3.05, 3.63) is 58.0 Å². The fraction of sp³-hybridized carbons (Fsp3) is 0.333. The lowest BCUT2D eigenvalue weighted by Crippen LogP contribution is -2.37. The van der Waals surface area contributed by atoms with E-state index in [0.717, 1.165) is 6.07 Å². The SMILES string of the molecule is O=C(COC(=O)c1cc([N+](=O)[O-])ccc1N1CCOCC1)NCc1ccco1. The molecule has 3 rings (SSSR count). The zero-order chi connectivity index (χ0) is 19.9. The van der Waals surface area contributed by atoms with Crippen LogP contribution in [0.4, 0.5) is 11.4 Å². The highest BCUT2D eigenvalue weighted by molar-refractivity contribution is 5.97. The predicted molar refractivity (Wildman–Crippen MR) is 97.0 cm³/mol. The summed E-state index contributed by atoms with van der Waals surface area (Å²) in [6, 6.07) is 7.39. The Hall–Kier alpha value is -3.40. The molecule has 1 N–H and O–H groups in total. The molecule has 2 heterocycles. The third-order valence-corrected chi connectivity index (χ3v) is 4.14. The molecule has 10 nitrogen and oxygen atoms in total. The van der Waals surface area contributed by atoms with Gasteiger partial charge in [0.25, 0.3) is 11.6 Å². The molecule has 0 atom stereocenters. The van der Waals surface area contributed by atoms with E-state index in [0.29, 0.717) is 37.8 Å². The number of carbonyl (C=O) groups excluding carboxylic acids is 2. The van der Waals surface area contributed by atoms with Crippen LogP contribution in [0.15, 0.2) is 41.0 Å². The van der Waals surface area contributed by atoms with Crippen LogP contribution >= 0.6 is 0 Å². The molecule has 1 aliphatic rings. The number of benzene rings is 1. The molecule has 0 saturated carbocycles. The normalized spacial score (nSPS) is 13.8. The topological polar surface area (TPSA) is 124 Å². The van der Waals surface area contributed by atoms with Gasteiger partial charge in [0, 0.05) is 25.2 Å². The summed E-state index contributed by atoms with van der Waals surface area (Å²) in [5, 5.41) is 13.6. The molecular formula is C18H19N3O7. The molecule has 1 amide bonds. The van der Waals surface area contributed by atoms with E-state index >= 15 is 0 Å². The molecule has 1 aromatic carbocycles. The summed E-state index contributed by atoms with van der Waals surface area (Å²) in [4.78, 5) is 36.8. The lowest BCUT2D eigenvalue weighted by atomic mass is 10.1. The molecule has 0 aliphatic carbocycles. The van der Waals surface area contributed by atoms with Crippen molar-refractivity contribution in [2.24, 2.45) is 0 Å². The average molecular weight is 389 g/mol. The van der Waals surface area contributed by atoms with Crippen LogP contribution in [-0.2, 0) is 20.8 Å². The monoisotopic (exact) mass is 389 g/mol. The number of nitrogens with zero attached hydrogens (tertiary/aromatic N) is 2. The van der Waals surface area contributed by atoms with Crippen LogP contribution in [0.2, 0.25) is 0 Å². The van der Waals surface area contributed by atoms with Gasteiger partial charge in [0.1, 0.15) is 5.76 Å². The van der Waals surface area contributed by atoms with Crippen molar-refractivity contribution in [2.75, 3.05) is 37.8 Å². The lowest BCUT2D eigenvalue weighted by Gasteiger charge is -2.30. The number of nitro benzene ring substituents is 1. The molecule has 0 bridgehead atoms. The number of carbonyl (C=O) groups is 2. The number of amides is 1. The van der Waals surface area contributed by atoms with Gasteiger partial charge < -0.3 is 24.1 Å². The van der Waals surface area contributed by atoms with Gasteiger partial charge in [-0.25, -0.2) is 4.79 Å². The van der Waals surface area contributed by atoms with E-state index < -0.39 is 23.4 Å². The van der Waals surface area contributed by atoms with Crippen molar-refractivity contribution in [1.29, 1.82) is 0 Å². The fourth-order valence-corrected chi connectivity index (χ4v) is 2.74. The minimum absolute atomic E-state index is 0.0370. The minimum atomic E-state index is -0.807. The predicted octanol–water partition coefficient (Wildman–Crippen LogP) is 1.50. The maximum Gasteiger partial charge on any atom is 0.341 e. The Bertz CT molecular complexity index is 845. The number of nitrogens with one attached hydrogen (secondary N) is 1. The van der Waals surface area contributed by atoms with E-state index in [-0.39, 0.29) is 17.8 Å². The molecule has 0 spiro atoms. The zero-order valence-electron chi connectivity index (χ0n) is 15.0. The molecule has 1 saturated heterocycles. The van der Waals surface area contributed by atoms with Crippen LogP contribution in [0.1, 0.15) is 16.1 Å². The number of hydrogen-bond acceptors (Lipinski definition) is 8. The Labute approximate surface area is 160 Å². The average Bonchev–Trinajstić information content (AvgIpc) is 3.24. The first-order valence-electron chi connectivity index (χ1n) is 8.62. The van der Waals surface area contributed by atoms with E-state index in [2.05, 4.69) is 5.32 Å². The molecule has 10 heteroatoms. The van der Waals surface area contributed by atoms with Crippen molar-refractivity contribution >= 4 is 23.3 Å². The molecule has 148 valence electrons. The van der Waals surface area contributed by atoms with Crippen LogP contribution in [0.5, 0.6) is 0 Å². The summed E-state index contributed by atoms with van der Waals surface area (Å²) in [5.41, 5.74) is 0.316. The van der Waals surface area contributed by atoms with Gasteiger partial charge in [-0.2, -0.15) is 0 Å². The van der Waals surface area contributed by atoms with Gasteiger partial charge >= 0.3 is 5.97 Å². The maximum atomic E-state index is 12.5. The third-order valence-electron chi connectivity index (χ3n) is 4.14. The number of furan rings is 1. The highest BCUT2D eigenvalue weighted by atomic mass is 16.6. The van der Waals surface area contributed by atoms with Gasteiger partial charge in [-0.05, 0) is 18.2 Å². The number of morpholine rings is 1. The minimum Gasteiger partial charge on any atom is -0.467 e. The molecule has 1 aliphatic heterocycles. The van der Waals surface area contributed by atoms with Crippen molar-refractivity contribution < 1.29 is 28.4 Å². The number of non-ortho nitro benzene ring substituents is 1. The van der Waals surface area contributed by atoms with E-state index in [9.17, 15) is 19.7 Å². The Kier molecular flexibility index (Phi) is 6.22. The van der Waals surface area contributed by atoms with Crippen molar-refractivity contribution in [3.63, 3.8) is 0 Å². The van der Waals surface area contributed by atoms with Gasteiger partial charge in [-0.3, -0.25) is 14.9 Å². The first kappa shape index (κ1) is 19.4. The summed E-state index contributed by atoms with van der Waals surface area (Å²) >= 11 is 0. The van der Waals surface area contributed by atoms with Gasteiger partial charge in [0.2, 0.25) is 0 Å². The second kappa shape index (κ2) is 9.00. The standard InChI is InChI=1S/C18H19N3O7/c22-17(19-11-14-2-1-7-27-14)12-28-18(23)15-10-13(21(24)25)3-4-16(15)20-5-8-26-9-6-20/h1-4,7,10H,5-6,8-9,11-12H2,(H,19,22). The van der Waals surface area contributed by atoms with E-state index in [1.54, 1.807) is 12.1 Å². The number of anilines is 1. The fourth-order valence-electron chi connectivity index (χ4n) is 2.74. The number of hydrogen-bond donors (Lipinski definition) is 1. The Morgan fingerprint density at radius 3 is 2.71 bits per heavy atom. The van der Waals surface area contributed by atoms with Crippen molar-refractivity contribution in [1.82, 2.24) is 5.32 Å². The summed E-state index contributed by atoms with van der Waals surface area (Å²) in [7, 11) is 0. The summed E-state index contributed by atoms with van der Waals surface area (Å²) < 4.78 is 15.5.